The van der Waals surface area contributed by atoms with Crippen LogP contribution in [0.25, 0.3) is 21.8 Å². The van der Waals surface area contributed by atoms with E-state index in [1.54, 1.807) is 15.3 Å². The van der Waals surface area contributed by atoms with Crippen LogP contribution in [-0.2, 0) is 17.8 Å². The van der Waals surface area contributed by atoms with Crippen molar-refractivity contribution >= 4 is 44.9 Å². The molecule has 1 aliphatic rings. The van der Waals surface area contributed by atoms with Crippen LogP contribution in [0.3, 0.4) is 0 Å². The smallest absolute Gasteiger partial charge is 0.260 e. The quantitative estimate of drug-likeness (QED) is 0.365. The van der Waals surface area contributed by atoms with Gasteiger partial charge in [0.15, 0.2) is 5.82 Å². The summed E-state index contributed by atoms with van der Waals surface area (Å²) in [5, 5.41) is 21.1. The van der Waals surface area contributed by atoms with E-state index in [-0.39, 0.29) is 18.2 Å². The Balaban J connectivity index is 1.67. The maximum Gasteiger partial charge on any atom is 0.260 e. The molecule has 1 atom stereocenters. The number of nitrogens with zero attached hydrogens (tertiary/aromatic N) is 5. The minimum Gasteiger partial charge on any atom is -0.394 e. The molecule has 1 aliphatic heterocycles. The number of halogens is 1. The zero-order valence-electron chi connectivity index (χ0n) is 20.8. The van der Waals surface area contributed by atoms with E-state index in [1.807, 2.05) is 45.0 Å². The van der Waals surface area contributed by atoms with Crippen molar-refractivity contribution in [3.8, 4) is 0 Å². The van der Waals surface area contributed by atoms with E-state index in [1.165, 1.54) is 0 Å². The summed E-state index contributed by atoms with van der Waals surface area (Å²) in [6.45, 7) is 9.44. The van der Waals surface area contributed by atoms with Crippen LogP contribution >= 0.6 is 11.6 Å². The van der Waals surface area contributed by atoms with Crippen molar-refractivity contribution in [2.24, 2.45) is 0 Å². The molecule has 10 heteroatoms. The molecule has 36 heavy (non-hydrogen) atoms. The molecule has 1 unspecified atom stereocenters. The van der Waals surface area contributed by atoms with Crippen LogP contribution in [0, 0.1) is 6.92 Å². The zero-order chi connectivity index (χ0) is 25.4. The van der Waals surface area contributed by atoms with Crippen LogP contribution in [0.4, 0.5) is 11.5 Å². The monoisotopic (exact) mass is 510 g/mol. The van der Waals surface area contributed by atoms with Gasteiger partial charge >= 0.3 is 0 Å². The van der Waals surface area contributed by atoms with E-state index < -0.39 is 0 Å². The number of benzene rings is 1. The number of hydrogen-bond acceptors (Lipinski definition) is 7. The van der Waals surface area contributed by atoms with Crippen LogP contribution in [0.5, 0.6) is 0 Å². The number of aliphatic hydroxyl groups excluding tert-OH is 1. The van der Waals surface area contributed by atoms with E-state index in [0.29, 0.717) is 36.8 Å². The number of ether oxygens (including phenoxy) is 1. The standard InChI is InChI=1S/C26H31ClN6O3/c1-4-32-25-22(18-6-5-16(2)15-19(18)26(32)35)23(30-33(25)9-12-34)17(3)28-20-7-8-21(27)29-24(20)31-10-13-36-14-11-31/h5-8,15,17,28,34H,4,9-14H2,1-3H3. The van der Waals surface area contributed by atoms with Crippen LogP contribution in [0.15, 0.2) is 35.1 Å². The first-order chi connectivity index (χ1) is 17.4. The van der Waals surface area contributed by atoms with Crippen LogP contribution < -0.4 is 15.8 Å². The SMILES string of the molecule is CCn1c(=O)c2cc(C)ccc2c2c(C(C)Nc3ccc(Cl)nc3N3CCOCC3)nn(CCO)c21. The Kier molecular flexibility index (Phi) is 6.87. The van der Waals surface area contributed by atoms with Crippen molar-refractivity contribution in [3.63, 3.8) is 0 Å². The van der Waals surface area contributed by atoms with Crippen molar-refractivity contribution in [3.05, 3.63) is 57.1 Å². The summed E-state index contributed by atoms with van der Waals surface area (Å²) >= 11 is 6.26. The number of pyridine rings is 2. The van der Waals surface area contributed by atoms with Gasteiger partial charge in [-0.3, -0.25) is 9.36 Å². The molecular weight excluding hydrogens is 480 g/mol. The van der Waals surface area contributed by atoms with Gasteiger partial charge in [-0.05, 0) is 39.0 Å². The summed E-state index contributed by atoms with van der Waals surface area (Å²) in [6, 6.07) is 9.44. The molecule has 0 bridgehead atoms. The lowest BCUT2D eigenvalue weighted by Crippen LogP contribution is -2.37. The molecule has 1 aromatic carbocycles. The number of fused-ring (bicyclic) bond motifs is 3. The molecule has 0 amide bonds. The number of hydrogen-bond donors (Lipinski definition) is 2. The van der Waals surface area contributed by atoms with Gasteiger partial charge in [-0.15, -0.1) is 0 Å². The Bertz CT molecular complexity index is 1470. The van der Waals surface area contributed by atoms with Crippen molar-refractivity contribution < 1.29 is 9.84 Å². The van der Waals surface area contributed by atoms with Crippen LogP contribution in [0.2, 0.25) is 5.15 Å². The zero-order valence-corrected chi connectivity index (χ0v) is 21.5. The number of nitrogens with one attached hydrogen (secondary N) is 1. The van der Waals surface area contributed by atoms with Gasteiger partial charge in [0.2, 0.25) is 0 Å². The molecule has 9 nitrogen and oxygen atoms in total. The molecule has 0 spiro atoms. The normalized spacial score (nSPS) is 15.1. The molecule has 1 saturated heterocycles. The summed E-state index contributed by atoms with van der Waals surface area (Å²) in [6.07, 6.45) is 0. The molecule has 0 aliphatic carbocycles. The van der Waals surface area contributed by atoms with Crippen LogP contribution in [-0.4, -0.2) is 57.3 Å². The number of aromatic nitrogens is 4. The number of morpholine rings is 1. The fraction of sp³-hybridized carbons (Fsp3) is 0.423. The largest absolute Gasteiger partial charge is 0.394 e. The number of aliphatic hydroxyl groups is 1. The highest BCUT2D eigenvalue weighted by Crippen LogP contribution is 2.34. The van der Waals surface area contributed by atoms with Gasteiger partial charge in [-0.1, -0.05) is 29.3 Å². The topological polar surface area (TPSA) is 97.4 Å². The predicted octanol–water partition coefficient (Wildman–Crippen LogP) is 3.73. The molecule has 3 aromatic heterocycles. The summed E-state index contributed by atoms with van der Waals surface area (Å²) in [5.74, 6) is 0.780. The summed E-state index contributed by atoms with van der Waals surface area (Å²) in [5.41, 5.74) is 3.35. The molecule has 0 radical (unpaired) electrons. The highest BCUT2D eigenvalue weighted by Gasteiger charge is 2.25. The van der Waals surface area contributed by atoms with E-state index in [9.17, 15) is 9.90 Å². The number of aryl methyl sites for hydroxylation is 2. The van der Waals surface area contributed by atoms with E-state index in [2.05, 4.69) is 15.2 Å². The summed E-state index contributed by atoms with van der Waals surface area (Å²) < 4.78 is 9.01. The highest BCUT2D eigenvalue weighted by molar-refractivity contribution is 6.29. The molecular formula is C26H31ClN6O3. The highest BCUT2D eigenvalue weighted by atomic mass is 35.5. The first kappa shape index (κ1) is 24.5. The van der Waals surface area contributed by atoms with Gasteiger partial charge in [0.25, 0.3) is 5.56 Å². The average Bonchev–Trinajstić information content (AvgIpc) is 3.25. The van der Waals surface area contributed by atoms with E-state index >= 15 is 0 Å². The van der Waals surface area contributed by atoms with Crippen molar-refractivity contribution in [2.45, 2.75) is 39.9 Å². The fourth-order valence-electron chi connectivity index (χ4n) is 5.00. The lowest BCUT2D eigenvalue weighted by molar-refractivity contribution is 0.122. The fourth-order valence-corrected chi connectivity index (χ4v) is 5.14. The molecule has 5 rings (SSSR count). The van der Waals surface area contributed by atoms with Gasteiger partial charge in [0.05, 0.1) is 49.2 Å². The van der Waals surface area contributed by atoms with E-state index in [0.717, 1.165) is 52.3 Å². The molecule has 190 valence electrons. The summed E-state index contributed by atoms with van der Waals surface area (Å²) in [4.78, 5) is 20.2. The Hall–Kier alpha value is -3.14. The second-order valence-corrected chi connectivity index (χ2v) is 9.49. The second-order valence-electron chi connectivity index (χ2n) is 9.10. The molecule has 1 fully saturated rings. The van der Waals surface area contributed by atoms with Gasteiger partial charge in [-0.25, -0.2) is 9.67 Å². The lowest BCUT2D eigenvalue weighted by atomic mass is 10.0. The Morgan fingerprint density at radius 1 is 1.19 bits per heavy atom. The van der Waals surface area contributed by atoms with Crippen LogP contribution in [0.1, 0.15) is 31.1 Å². The second kappa shape index (κ2) is 10.1. The average molecular weight is 511 g/mol. The third kappa shape index (κ3) is 4.31. The maximum absolute atomic E-state index is 13.4. The van der Waals surface area contributed by atoms with Gasteiger partial charge in [0, 0.05) is 30.4 Å². The number of anilines is 2. The minimum absolute atomic E-state index is 0.0496. The van der Waals surface area contributed by atoms with Crippen molar-refractivity contribution in [2.75, 3.05) is 43.1 Å². The number of rotatable bonds is 7. The maximum atomic E-state index is 13.4. The lowest BCUT2D eigenvalue weighted by Gasteiger charge is -2.30. The van der Waals surface area contributed by atoms with Gasteiger partial charge in [0.1, 0.15) is 10.8 Å². The first-order valence-corrected chi connectivity index (χ1v) is 12.7. The Labute approximate surface area is 214 Å². The predicted molar refractivity (Wildman–Crippen MR) is 143 cm³/mol. The Morgan fingerprint density at radius 2 is 1.97 bits per heavy atom. The summed E-state index contributed by atoms with van der Waals surface area (Å²) in [7, 11) is 0. The molecule has 2 N–H and O–H groups in total. The van der Waals surface area contributed by atoms with Gasteiger partial charge < -0.3 is 20.1 Å². The van der Waals surface area contributed by atoms with Crippen molar-refractivity contribution in [1.82, 2.24) is 19.3 Å². The van der Waals surface area contributed by atoms with Gasteiger partial charge in [-0.2, -0.15) is 5.10 Å². The molecule has 0 saturated carbocycles. The van der Waals surface area contributed by atoms with E-state index in [4.69, 9.17) is 21.4 Å². The third-order valence-electron chi connectivity index (χ3n) is 6.69. The third-order valence-corrected chi connectivity index (χ3v) is 6.90. The van der Waals surface area contributed by atoms with Crippen molar-refractivity contribution in [1.29, 1.82) is 0 Å². The first-order valence-electron chi connectivity index (χ1n) is 12.3. The molecule has 4 aromatic rings. The molecule has 4 heterocycles. The minimum atomic E-state index is -0.220. The Morgan fingerprint density at radius 3 is 2.69 bits per heavy atom.